The van der Waals surface area contributed by atoms with Crippen molar-refractivity contribution in [3.05, 3.63) is 47.9 Å². The van der Waals surface area contributed by atoms with Crippen molar-refractivity contribution in [2.24, 2.45) is 0 Å². The SMILES string of the molecule is Cc1cccc(-c2[nH]c(C)nc2-c2ccc3nnsc3c2)n1. The Morgan fingerprint density at radius 1 is 1.05 bits per heavy atom. The molecule has 3 heterocycles. The van der Waals surface area contributed by atoms with Crippen LogP contribution < -0.4 is 0 Å². The number of H-pyrrole nitrogens is 1. The molecular formula is C16H13N5S. The highest BCUT2D eigenvalue weighted by atomic mass is 32.1. The molecule has 0 amide bonds. The van der Waals surface area contributed by atoms with Gasteiger partial charge in [0.15, 0.2) is 0 Å². The third-order valence-corrected chi connectivity index (χ3v) is 4.17. The Morgan fingerprint density at radius 2 is 1.95 bits per heavy atom. The maximum absolute atomic E-state index is 4.65. The fraction of sp³-hybridized carbons (Fsp3) is 0.125. The number of hydrogen-bond donors (Lipinski definition) is 1. The van der Waals surface area contributed by atoms with E-state index in [2.05, 4.69) is 30.6 Å². The van der Waals surface area contributed by atoms with Crippen LogP contribution in [-0.4, -0.2) is 24.5 Å². The number of aromatic amines is 1. The van der Waals surface area contributed by atoms with Crippen LogP contribution in [0.25, 0.3) is 32.9 Å². The van der Waals surface area contributed by atoms with Crippen molar-refractivity contribution in [3.63, 3.8) is 0 Å². The van der Waals surface area contributed by atoms with Crippen molar-refractivity contribution in [1.82, 2.24) is 24.5 Å². The van der Waals surface area contributed by atoms with E-state index in [1.165, 1.54) is 11.5 Å². The maximum Gasteiger partial charge on any atom is 0.106 e. The molecule has 22 heavy (non-hydrogen) atoms. The molecule has 5 nitrogen and oxygen atoms in total. The predicted octanol–water partition coefficient (Wildman–Crippen LogP) is 3.76. The van der Waals surface area contributed by atoms with Crippen LogP contribution in [0.5, 0.6) is 0 Å². The molecule has 0 saturated heterocycles. The molecular weight excluding hydrogens is 294 g/mol. The summed E-state index contributed by atoms with van der Waals surface area (Å²) < 4.78 is 5.04. The smallest absolute Gasteiger partial charge is 0.106 e. The Morgan fingerprint density at radius 3 is 2.82 bits per heavy atom. The number of aromatic nitrogens is 5. The van der Waals surface area contributed by atoms with Gasteiger partial charge in [-0.3, -0.25) is 4.98 Å². The normalized spacial score (nSPS) is 11.2. The number of rotatable bonds is 2. The number of benzene rings is 1. The molecule has 3 aromatic heterocycles. The van der Waals surface area contributed by atoms with Crippen LogP contribution >= 0.6 is 11.5 Å². The summed E-state index contributed by atoms with van der Waals surface area (Å²) >= 11 is 1.39. The first-order valence-corrected chi connectivity index (χ1v) is 7.71. The van der Waals surface area contributed by atoms with Gasteiger partial charge in [0.05, 0.1) is 21.8 Å². The van der Waals surface area contributed by atoms with Gasteiger partial charge in [-0.05, 0) is 49.6 Å². The molecule has 0 bridgehead atoms. The lowest BCUT2D eigenvalue weighted by Gasteiger charge is -2.03. The molecule has 4 aromatic rings. The number of fused-ring (bicyclic) bond motifs is 1. The zero-order valence-corrected chi connectivity index (χ0v) is 13.0. The second-order valence-electron chi connectivity index (χ2n) is 5.17. The minimum atomic E-state index is 0.871. The number of imidazole rings is 1. The van der Waals surface area contributed by atoms with Gasteiger partial charge < -0.3 is 4.98 Å². The third-order valence-electron chi connectivity index (χ3n) is 3.49. The molecule has 4 rings (SSSR count). The van der Waals surface area contributed by atoms with Crippen molar-refractivity contribution in [2.75, 3.05) is 0 Å². The average molecular weight is 307 g/mol. The van der Waals surface area contributed by atoms with Gasteiger partial charge in [0, 0.05) is 11.3 Å². The molecule has 0 aliphatic heterocycles. The van der Waals surface area contributed by atoms with Gasteiger partial charge >= 0.3 is 0 Å². The first-order chi connectivity index (χ1) is 10.7. The highest BCUT2D eigenvalue weighted by molar-refractivity contribution is 7.12. The van der Waals surface area contributed by atoms with Crippen molar-refractivity contribution < 1.29 is 0 Å². The zero-order valence-electron chi connectivity index (χ0n) is 12.2. The van der Waals surface area contributed by atoms with Crippen LogP contribution in [0, 0.1) is 13.8 Å². The Kier molecular flexibility index (Phi) is 2.97. The number of nitrogens with one attached hydrogen (secondary N) is 1. The fourth-order valence-corrected chi connectivity index (χ4v) is 3.09. The average Bonchev–Trinajstić information content (AvgIpc) is 3.12. The Bertz CT molecular complexity index is 970. The largest absolute Gasteiger partial charge is 0.340 e. The molecule has 0 atom stereocenters. The van der Waals surface area contributed by atoms with E-state index in [-0.39, 0.29) is 0 Å². The molecule has 0 saturated carbocycles. The van der Waals surface area contributed by atoms with E-state index in [0.29, 0.717) is 0 Å². The topological polar surface area (TPSA) is 67.3 Å². The van der Waals surface area contributed by atoms with E-state index in [9.17, 15) is 0 Å². The first-order valence-electron chi connectivity index (χ1n) is 6.94. The molecule has 0 spiro atoms. The maximum atomic E-state index is 4.65. The van der Waals surface area contributed by atoms with E-state index < -0.39 is 0 Å². The van der Waals surface area contributed by atoms with Crippen LogP contribution in [0.2, 0.25) is 0 Å². The summed E-state index contributed by atoms with van der Waals surface area (Å²) in [5.41, 5.74) is 5.69. The van der Waals surface area contributed by atoms with E-state index in [4.69, 9.17) is 0 Å². The summed E-state index contributed by atoms with van der Waals surface area (Å²) in [7, 11) is 0. The van der Waals surface area contributed by atoms with E-state index in [0.717, 1.165) is 44.4 Å². The molecule has 108 valence electrons. The minimum absolute atomic E-state index is 0.871. The highest BCUT2D eigenvalue weighted by Gasteiger charge is 2.14. The summed E-state index contributed by atoms with van der Waals surface area (Å²) in [6.07, 6.45) is 0. The standard InChI is InChI=1S/C16H13N5S/c1-9-4-3-5-13(17-9)16-15(18-10(2)19-16)11-6-7-12-14(8-11)22-21-20-12/h3-8H,1-2H3,(H,18,19). The quantitative estimate of drug-likeness (QED) is 0.612. The van der Waals surface area contributed by atoms with Crippen molar-refractivity contribution in [1.29, 1.82) is 0 Å². The van der Waals surface area contributed by atoms with Crippen LogP contribution in [0.3, 0.4) is 0 Å². The molecule has 0 radical (unpaired) electrons. The van der Waals surface area contributed by atoms with Gasteiger partial charge in [0.2, 0.25) is 0 Å². The van der Waals surface area contributed by atoms with Gasteiger partial charge in [-0.15, -0.1) is 5.10 Å². The third kappa shape index (κ3) is 2.17. The van der Waals surface area contributed by atoms with Crippen LogP contribution in [0.1, 0.15) is 11.5 Å². The van der Waals surface area contributed by atoms with Crippen LogP contribution in [0.15, 0.2) is 36.4 Å². The number of hydrogen-bond acceptors (Lipinski definition) is 5. The summed E-state index contributed by atoms with van der Waals surface area (Å²) in [5, 5.41) is 4.08. The van der Waals surface area contributed by atoms with Gasteiger partial charge in [-0.2, -0.15) is 0 Å². The van der Waals surface area contributed by atoms with E-state index in [1.54, 1.807) is 0 Å². The molecule has 0 aliphatic rings. The zero-order chi connectivity index (χ0) is 15.1. The lowest BCUT2D eigenvalue weighted by atomic mass is 10.1. The molecule has 0 fully saturated rings. The summed E-state index contributed by atoms with van der Waals surface area (Å²) in [6, 6.07) is 12.1. The predicted molar refractivity (Wildman–Crippen MR) is 87.7 cm³/mol. The van der Waals surface area contributed by atoms with Crippen LogP contribution in [0.4, 0.5) is 0 Å². The number of nitrogens with zero attached hydrogens (tertiary/aromatic N) is 4. The summed E-state index contributed by atoms with van der Waals surface area (Å²) in [4.78, 5) is 12.6. The summed E-state index contributed by atoms with van der Waals surface area (Å²) in [5.74, 6) is 0.871. The van der Waals surface area contributed by atoms with Crippen molar-refractivity contribution in [2.45, 2.75) is 13.8 Å². The summed E-state index contributed by atoms with van der Waals surface area (Å²) in [6.45, 7) is 3.94. The Labute approximate surface area is 131 Å². The molecule has 6 heteroatoms. The fourth-order valence-electron chi connectivity index (χ4n) is 2.49. The molecule has 1 N–H and O–H groups in total. The molecule has 0 aliphatic carbocycles. The number of pyridine rings is 1. The Hall–Kier alpha value is -2.60. The molecule has 0 unspecified atom stereocenters. The lowest BCUT2D eigenvalue weighted by molar-refractivity contribution is 1.14. The van der Waals surface area contributed by atoms with E-state index >= 15 is 0 Å². The van der Waals surface area contributed by atoms with Crippen LogP contribution in [-0.2, 0) is 0 Å². The van der Waals surface area contributed by atoms with Crippen molar-refractivity contribution in [3.8, 4) is 22.6 Å². The number of aryl methyl sites for hydroxylation is 2. The Balaban J connectivity index is 1.91. The lowest BCUT2D eigenvalue weighted by Crippen LogP contribution is -1.89. The second kappa shape index (κ2) is 4.99. The van der Waals surface area contributed by atoms with E-state index in [1.807, 2.05) is 44.2 Å². The van der Waals surface area contributed by atoms with Gasteiger partial charge in [0.1, 0.15) is 11.3 Å². The monoisotopic (exact) mass is 307 g/mol. The van der Waals surface area contributed by atoms with Gasteiger partial charge in [-0.1, -0.05) is 16.6 Å². The highest BCUT2D eigenvalue weighted by Crippen LogP contribution is 2.31. The minimum Gasteiger partial charge on any atom is -0.340 e. The first kappa shape index (κ1) is 13.1. The van der Waals surface area contributed by atoms with Gasteiger partial charge in [-0.25, -0.2) is 4.98 Å². The van der Waals surface area contributed by atoms with Gasteiger partial charge in [0.25, 0.3) is 0 Å². The molecule has 1 aromatic carbocycles. The second-order valence-corrected chi connectivity index (χ2v) is 5.95. The van der Waals surface area contributed by atoms with Crippen molar-refractivity contribution >= 4 is 21.7 Å².